The highest BCUT2D eigenvalue weighted by Crippen LogP contribution is 2.23. The molecule has 3 N–H and O–H groups in total. The molecule has 4 nitrogen and oxygen atoms in total. The maximum absolute atomic E-state index is 11.9. The molecule has 1 atom stereocenters. The number of carbonyl (C=O) groups excluding carboxylic acids is 2. The first-order valence-electron chi connectivity index (χ1n) is 5.89. The van der Waals surface area contributed by atoms with Gasteiger partial charge in [0.15, 0.2) is 5.12 Å². The number of benzene rings is 1. The van der Waals surface area contributed by atoms with Crippen molar-refractivity contribution in [2.24, 2.45) is 11.7 Å². The lowest BCUT2D eigenvalue weighted by molar-refractivity contribution is -0.114. The normalized spacial score (nSPS) is 11.8. The molecule has 1 aromatic rings. The van der Waals surface area contributed by atoms with Crippen molar-refractivity contribution >= 4 is 22.9 Å². The Kier molecular flexibility index (Phi) is 6.28. The third-order valence-corrected chi connectivity index (χ3v) is 3.59. The van der Waals surface area contributed by atoms with Crippen LogP contribution in [0.1, 0.15) is 19.8 Å². The van der Waals surface area contributed by atoms with Crippen molar-refractivity contribution in [3.63, 3.8) is 0 Å². The van der Waals surface area contributed by atoms with E-state index in [1.807, 2.05) is 37.3 Å². The van der Waals surface area contributed by atoms with Crippen LogP contribution in [0.15, 0.2) is 35.2 Å². The molecule has 0 bridgehead atoms. The minimum atomic E-state index is -0.521. The minimum Gasteiger partial charge on any atom is -0.352 e. The average Bonchev–Trinajstić information content (AvgIpc) is 2.35. The third-order valence-electron chi connectivity index (χ3n) is 2.48. The fourth-order valence-electron chi connectivity index (χ4n) is 1.44. The second-order valence-electron chi connectivity index (χ2n) is 4.07. The van der Waals surface area contributed by atoms with Gasteiger partial charge >= 0.3 is 6.03 Å². The summed E-state index contributed by atoms with van der Waals surface area (Å²) < 4.78 is 0. The van der Waals surface area contributed by atoms with Crippen molar-refractivity contribution in [3.05, 3.63) is 30.3 Å². The third kappa shape index (κ3) is 5.72. The van der Waals surface area contributed by atoms with Crippen LogP contribution in [0.3, 0.4) is 0 Å². The first-order chi connectivity index (χ1) is 8.59. The summed E-state index contributed by atoms with van der Waals surface area (Å²) in [6, 6.07) is 9.07. The summed E-state index contributed by atoms with van der Waals surface area (Å²) in [6.45, 7) is 2.42. The molecule has 0 spiro atoms. The predicted octanol–water partition coefficient (Wildman–Crippen LogP) is 2.39. The summed E-state index contributed by atoms with van der Waals surface area (Å²) in [5.74, 6) is -0.0233. The molecule has 1 unspecified atom stereocenters. The number of carbonyl (C=O) groups is 2. The molecule has 2 amide bonds. The fraction of sp³-hybridized carbons (Fsp3) is 0.385. The SMILES string of the molecule is CC(CCCNC(N)=O)C(=O)Sc1ccccc1. The van der Waals surface area contributed by atoms with Gasteiger partial charge in [-0.25, -0.2) is 4.79 Å². The van der Waals surface area contributed by atoms with E-state index >= 15 is 0 Å². The quantitative estimate of drug-likeness (QED) is 0.613. The van der Waals surface area contributed by atoms with Crippen LogP contribution in [-0.2, 0) is 4.79 Å². The summed E-state index contributed by atoms with van der Waals surface area (Å²) in [6.07, 6.45) is 1.50. The smallest absolute Gasteiger partial charge is 0.312 e. The zero-order valence-corrected chi connectivity index (χ0v) is 11.2. The van der Waals surface area contributed by atoms with Gasteiger partial charge < -0.3 is 11.1 Å². The average molecular weight is 266 g/mol. The monoisotopic (exact) mass is 266 g/mol. The summed E-state index contributed by atoms with van der Waals surface area (Å²) in [5.41, 5.74) is 4.95. The van der Waals surface area contributed by atoms with Crippen molar-refractivity contribution in [1.82, 2.24) is 5.32 Å². The number of urea groups is 1. The van der Waals surface area contributed by atoms with Crippen LogP contribution in [0, 0.1) is 5.92 Å². The van der Waals surface area contributed by atoms with E-state index in [9.17, 15) is 9.59 Å². The molecule has 0 radical (unpaired) electrons. The Hall–Kier alpha value is -1.49. The summed E-state index contributed by atoms with van der Waals surface area (Å²) in [5, 5.41) is 2.66. The Morgan fingerprint density at radius 2 is 2.00 bits per heavy atom. The standard InChI is InChI=1S/C13H18N2O2S/c1-10(6-5-9-15-13(14)17)12(16)18-11-7-3-2-4-8-11/h2-4,7-8,10H,5-6,9H2,1H3,(H3,14,15,17). The molecule has 0 saturated heterocycles. The molecular formula is C13H18N2O2S. The molecule has 0 heterocycles. The van der Waals surface area contributed by atoms with Crippen molar-refractivity contribution < 1.29 is 9.59 Å². The van der Waals surface area contributed by atoms with Crippen LogP contribution in [-0.4, -0.2) is 17.7 Å². The van der Waals surface area contributed by atoms with E-state index in [1.165, 1.54) is 11.8 Å². The summed E-state index contributed by atoms with van der Waals surface area (Å²) >= 11 is 1.27. The molecule has 98 valence electrons. The van der Waals surface area contributed by atoms with E-state index in [4.69, 9.17) is 5.73 Å². The highest BCUT2D eigenvalue weighted by molar-refractivity contribution is 8.13. The number of nitrogens with two attached hydrogens (primary N) is 1. The number of rotatable bonds is 6. The summed E-state index contributed by atoms with van der Waals surface area (Å²) in [7, 11) is 0. The molecule has 0 aliphatic carbocycles. The Balaban J connectivity index is 2.27. The lowest BCUT2D eigenvalue weighted by Crippen LogP contribution is -2.30. The molecule has 1 rings (SSSR count). The van der Waals surface area contributed by atoms with Gasteiger partial charge in [0, 0.05) is 17.4 Å². The van der Waals surface area contributed by atoms with Gasteiger partial charge in [-0.1, -0.05) is 36.9 Å². The molecular weight excluding hydrogens is 248 g/mol. The van der Waals surface area contributed by atoms with Gasteiger partial charge in [0.25, 0.3) is 0 Å². The first kappa shape index (κ1) is 14.6. The number of hydrogen-bond donors (Lipinski definition) is 2. The zero-order chi connectivity index (χ0) is 13.4. The van der Waals surface area contributed by atoms with E-state index in [2.05, 4.69) is 5.32 Å². The molecule has 0 aromatic heterocycles. The van der Waals surface area contributed by atoms with Crippen LogP contribution >= 0.6 is 11.8 Å². The second-order valence-corrected chi connectivity index (χ2v) is 5.15. The van der Waals surface area contributed by atoms with Gasteiger partial charge in [-0.15, -0.1) is 0 Å². The topological polar surface area (TPSA) is 72.2 Å². The van der Waals surface area contributed by atoms with E-state index in [1.54, 1.807) is 0 Å². The maximum Gasteiger partial charge on any atom is 0.312 e. The van der Waals surface area contributed by atoms with E-state index < -0.39 is 6.03 Å². The van der Waals surface area contributed by atoms with Crippen molar-refractivity contribution in [2.45, 2.75) is 24.7 Å². The van der Waals surface area contributed by atoms with Gasteiger partial charge in [-0.05, 0) is 25.0 Å². The lowest BCUT2D eigenvalue weighted by atomic mass is 10.1. The minimum absolute atomic E-state index is 0.0233. The molecule has 0 saturated carbocycles. The molecule has 1 aromatic carbocycles. The Bertz CT molecular complexity index is 395. The Morgan fingerprint density at radius 3 is 2.61 bits per heavy atom. The predicted molar refractivity (Wildman–Crippen MR) is 73.3 cm³/mol. The van der Waals surface area contributed by atoms with Gasteiger partial charge in [-0.3, -0.25) is 4.79 Å². The number of thioether (sulfide) groups is 1. The van der Waals surface area contributed by atoms with Gasteiger partial charge in [0.05, 0.1) is 0 Å². The molecule has 0 aliphatic heterocycles. The van der Waals surface area contributed by atoms with Crippen LogP contribution in [0.2, 0.25) is 0 Å². The maximum atomic E-state index is 11.9. The summed E-state index contributed by atoms with van der Waals surface area (Å²) in [4.78, 5) is 23.3. The molecule has 5 heteroatoms. The first-order valence-corrected chi connectivity index (χ1v) is 6.71. The van der Waals surface area contributed by atoms with Crippen LogP contribution < -0.4 is 11.1 Å². The Labute approximate surface area is 111 Å². The van der Waals surface area contributed by atoms with Crippen molar-refractivity contribution in [1.29, 1.82) is 0 Å². The van der Waals surface area contributed by atoms with Gasteiger partial charge in [0.2, 0.25) is 0 Å². The molecule has 0 aliphatic rings. The van der Waals surface area contributed by atoms with Crippen molar-refractivity contribution in [2.75, 3.05) is 6.54 Å². The largest absolute Gasteiger partial charge is 0.352 e. The molecule has 18 heavy (non-hydrogen) atoms. The van der Waals surface area contributed by atoms with E-state index in [-0.39, 0.29) is 11.0 Å². The highest BCUT2D eigenvalue weighted by Gasteiger charge is 2.13. The number of nitrogens with one attached hydrogen (secondary N) is 1. The number of hydrogen-bond acceptors (Lipinski definition) is 3. The van der Waals surface area contributed by atoms with Gasteiger partial charge in [0.1, 0.15) is 0 Å². The number of primary amides is 1. The zero-order valence-electron chi connectivity index (χ0n) is 10.4. The van der Waals surface area contributed by atoms with Crippen molar-refractivity contribution in [3.8, 4) is 0 Å². The van der Waals surface area contributed by atoms with Crippen LogP contribution in [0.25, 0.3) is 0 Å². The second kappa shape index (κ2) is 7.76. The Morgan fingerprint density at radius 1 is 1.33 bits per heavy atom. The van der Waals surface area contributed by atoms with Gasteiger partial charge in [-0.2, -0.15) is 0 Å². The van der Waals surface area contributed by atoms with E-state index in [0.717, 1.165) is 17.7 Å². The molecule has 0 fully saturated rings. The number of amides is 2. The van der Waals surface area contributed by atoms with E-state index in [0.29, 0.717) is 6.54 Å². The highest BCUT2D eigenvalue weighted by atomic mass is 32.2. The van der Waals surface area contributed by atoms with Crippen LogP contribution in [0.5, 0.6) is 0 Å². The van der Waals surface area contributed by atoms with Crippen LogP contribution in [0.4, 0.5) is 4.79 Å². The lowest BCUT2D eigenvalue weighted by Gasteiger charge is -2.09. The fourth-order valence-corrected chi connectivity index (χ4v) is 2.29.